The average Bonchev–Trinajstić information content (AvgIpc) is 3.07. The van der Waals surface area contributed by atoms with Gasteiger partial charge in [-0.05, 0) is 22.9 Å². The lowest BCUT2D eigenvalue weighted by atomic mass is 10.1. The first-order valence-corrected chi connectivity index (χ1v) is 8.50. The second kappa shape index (κ2) is 7.92. The highest BCUT2D eigenvalue weighted by Gasteiger charge is 2.18. The van der Waals surface area contributed by atoms with Crippen LogP contribution in [0.25, 0.3) is 10.8 Å². The van der Waals surface area contributed by atoms with Crippen molar-refractivity contribution < 1.29 is 23.1 Å². The van der Waals surface area contributed by atoms with Crippen molar-refractivity contribution in [1.29, 1.82) is 0 Å². The highest BCUT2D eigenvalue weighted by atomic mass is 32.1. The Morgan fingerprint density at radius 3 is 2.65 bits per heavy atom. The number of benzene rings is 2. The summed E-state index contributed by atoms with van der Waals surface area (Å²) >= 11 is 0.955. The van der Waals surface area contributed by atoms with E-state index < -0.39 is 18.4 Å². The first kappa shape index (κ1) is 17.8. The molecule has 0 saturated carbocycles. The van der Waals surface area contributed by atoms with Gasteiger partial charge in [0.15, 0.2) is 0 Å². The summed E-state index contributed by atoms with van der Waals surface area (Å²) in [5.41, 5.74) is 0.625. The zero-order valence-electron chi connectivity index (χ0n) is 13.4. The van der Waals surface area contributed by atoms with Crippen LogP contribution in [0.1, 0.15) is 9.67 Å². The molecule has 1 aromatic heterocycles. The van der Waals surface area contributed by atoms with Crippen LogP contribution >= 0.6 is 11.3 Å². The largest absolute Gasteiger partial charge is 0.433 e. The van der Waals surface area contributed by atoms with Crippen molar-refractivity contribution in [2.45, 2.75) is 6.61 Å². The maximum atomic E-state index is 12.3. The third-order valence-corrected chi connectivity index (χ3v) is 4.42. The van der Waals surface area contributed by atoms with Gasteiger partial charge in [-0.15, -0.1) is 11.3 Å². The van der Waals surface area contributed by atoms with Crippen LogP contribution in [0.3, 0.4) is 0 Å². The second-order valence-electron chi connectivity index (χ2n) is 5.25. The molecule has 0 saturated heterocycles. The predicted molar refractivity (Wildman–Crippen MR) is 95.9 cm³/mol. The van der Waals surface area contributed by atoms with E-state index in [4.69, 9.17) is 0 Å². The van der Waals surface area contributed by atoms with E-state index in [-0.39, 0.29) is 17.2 Å². The summed E-state index contributed by atoms with van der Waals surface area (Å²) in [6, 6.07) is 14.3. The minimum absolute atomic E-state index is 0.0109. The Morgan fingerprint density at radius 1 is 1.08 bits per heavy atom. The van der Waals surface area contributed by atoms with Crippen LogP contribution in [0.5, 0.6) is 5.75 Å². The number of nitrogens with one attached hydrogen (secondary N) is 2. The lowest BCUT2D eigenvalue weighted by Crippen LogP contribution is -2.32. The SMILES string of the molecule is O=C(CNC(=O)c1sccc1OC(F)F)Nc1cccc2ccccc12. The maximum absolute atomic E-state index is 12.3. The van der Waals surface area contributed by atoms with Crippen LogP contribution in [-0.2, 0) is 4.79 Å². The summed E-state index contributed by atoms with van der Waals surface area (Å²) in [5.74, 6) is -1.29. The molecule has 0 bridgehead atoms. The Bertz CT molecular complexity index is 938. The van der Waals surface area contributed by atoms with Crippen molar-refractivity contribution in [1.82, 2.24) is 5.32 Å². The number of thiophene rings is 1. The Morgan fingerprint density at radius 2 is 1.85 bits per heavy atom. The summed E-state index contributed by atoms with van der Waals surface area (Å²) < 4.78 is 28.9. The van der Waals surface area contributed by atoms with Crippen LogP contribution in [-0.4, -0.2) is 25.0 Å². The fourth-order valence-electron chi connectivity index (χ4n) is 2.42. The first-order chi connectivity index (χ1) is 12.5. The molecule has 5 nitrogen and oxygen atoms in total. The number of hydrogen-bond donors (Lipinski definition) is 2. The van der Waals surface area contributed by atoms with Crippen molar-refractivity contribution in [3.8, 4) is 5.75 Å². The van der Waals surface area contributed by atoms with Crippen molar-refractivity contribution in [3.63, 3.8) is 0 Å². The molecule has 0 radical (unpaired) electrons. The highest BCUT2D eigenvalue weighted by Crippen LogP contribution is 2.26. The maximum Gasteiger partial charge on any atom is 0.387 e. The Kier molecular flexibility index (Phi) is 5.43. The van der Waals surface area contributed by atoms with E-state index >= 15 is 0 Å². The molecule has 26 heavy (non-hydrogen) atoms. The molecular formula is C18H14F2N2O3S. The van der Waals surface area contributed by atoms with E-state index in [9.17, 15) is 18.4 Å². The summed E-state index contributed by atoms with van der Waals surface area (Å²) in [6.07, 6.45) is 0. The van der Waals surface area contributed by atoms with E-state index in [1.165, 1.54) is 11.4 Å². The van der Waals surface area contributed by atoms with Gasteiger partial charge >= 0.3 is 6.61 Å². The van der Waals surface area contributed by atoms with Gasteiger partial charge in [-0.3, -0.25) is 9.59 Å². The number of anilines is 1. The molecule has 2 amide bonds. The number of carbonyl (C=O) groups excluding carboxylic acids is 2. The van der Waals surface area contributed by atoms with Crippen molar-refractivity contribution in [3.05, 3.63) is 58.8 Å². The number of rotatable bonds is 6. The molecule has 1 heterocycles. The molecule has 3 rings (SSSR count). The van der Waals surface area contributed by atoms with Gasteiger partial charge in [-0.1, -0.05) is 36.4 Å². The number of carbonyl (C=O) groups is 2. The van der Waals surface area contributed by atoms with Gasteiger partial charge in [0.2, 0.25) is 5.91 Å². The van der Waals surface area contributed by atoms with E-state index in [2.05, 4.69) is 15.4 Å². The van der Waals surface area contributed by atoms with Crippen LogP contribution in [0, 0.1) is 0 Å². The van der Waals surface area contributed by atoms with E-state index in [1.807, 2.05) is 36.4 Å². The fraction of sp³-hybridized carbons (Fsp3) is 0.111. The van der Waals surface area contributed by atoms with Gasteiger partial charge in [0.1, 0.15) is 10.6 Å². The predicted octanol–water partition coefficient (Wildman–Crippen LogP) is 3.87. The fourth-order valence-corrected chi connectivity index (χ4v) is 3.16. The van der Waals surface area contributed by atoms with Crippen molar-refractivity contribution >= 4 is 39.6 Å². The lowest BCUT2D eigenvalue weighted by Gasteiger charge is -2.10. The monoisotopic (exact) mass is 376 g/mol. The zero-order chi connectivity index (χ0) is 18.5. The molecule has 2 aromatic carbocycles. The summed E-state index contributed by atoms with van der Waals surface area (Å²) in [5, 5.41) is 8.44. The average molecular weight is 376 g/mol. The Labute approximate surface area is 151 Å². The molecule has 134 valence electrons. The summed E-state index contributed by atoms with van der Waals surface area (Å²) in [4.78, 5) is 24.2. The molecule has 0 aliphatic rings. The minimum Gasteiger partial charge on any atom is -0.433 e. The molecule has 8 heteroatoms. The number of halogens is 2. The summed E-state index contributed by atoms with van der Waals surface area (Å²) in [7, 11) is 0. The topological polar surface area (TPSA) is 67.4 Å². The number of fused-ring (bicyclic) bond motifs is 1. The minimum atomic E-state index is -3.02. The number of ether oxygens (including phenoxy) is 1. The standard InChI is InChI=1S/C18H14F2N2O3S/c19-18(20)25-14-8-9-26-16(14)17(24)21-10-15(23)22-13-7-3-5-11-4-1-2-6-12(11)13/h1-9,18H,10H2,(H,21,24)(H,22,23). The van der Waals surface area contributed by atoms with Crippen molar-refractivity contribution in [2.75, 3.05) is 11.9 Å². The molecular weight excluding hydrogens is 362 g/mol. The van der Waals surface area contributed by atoms with Gasteiger partial charge in [0.05, 0.1) is 6.54 Å². The zero-order valence-corrected chi connectivity index (χ0v) is 14.2. The first-order valence-electron chi connectivity index (χ1n) is 7.62. The third kappa shape index (κ3) is 4.15. The Balaban J connectivity index is 1.62. The van der Waals surface area contributed by atoms with Crippen LogP contribution in [0.2, 0.25) is 0 Å². The molecule has 0 spiro atoms. The van der Waals surface area contributed by atoms with E-state index in [0.717, 1.165) is 22.1 Å². The third-order valence-electron chi connectivity index (χ3n) is 3.52. The van der Waals surface area contributed by atoms with Gasteiger partial charge in [0, 0.05) is 11.1 Å². The van der Waals surface area contributed by atoms with Gasteiger partial charge < -0.3 is 15.4 Å². The molecule has 2 N–H and O–H groups in total. The molecule has 0 unspecified atom stereocenters. The Hall–Kier alpha value is -3.00. The molecule has 0 fully saturated rings. The highest BCUT2D eigenvalue weighted by molar-refractivity contribution is 7.12. The van der Waals surface area contributed by atoms with E-state index in [0.29, 0.717) is 5.69 Å². The van der Waals surface area contributed by atoms with Crippen molar-refractivity contribution in [2.24, 2.45) is 0 Å². The second-order valence-corrected chi connectivity index (χ2v) is 6.17. The van der Waals surface area contributed by atoms with E-state index in [1.54, 1.807) is 6.07 Å². The molecule has 0 aliphatic carbocycles. The molecule has 0 atom stereocenters. The lowest BCUT2D eigenvalue weighted by molar-refractivity contribution is -0.115. The van der Waals surface area contributed by atoms with Crippen LogP contribution in [0.4, 0.5) is 14.5 Å². The smallest absolute Gasteiger partial charge is 0.387 e. The number of alkyl halides is 2. The number of amides is 2. The number of hydrogen-bond acceptors (Lipinski definition) is 4. The van der Waals surface area contributed by atoms with Gasteiger partial charge in [-0.2, -0.15) is 8.78 Å². The van der Waals surface area contributed by atoms with Crippen LogP contribution in [0.15, 0.2) is 53.9 Å². The summed E-state index contributed by atoms with van der Waals surface area (Å²) in [6.45, 7) is -3.32. The molecule has 0 aliphatic heterocycles. The molecule has 3 aromatic rings. The normalized spacial score (nSPS) is 10.7. The quantitative estimate of drug-likeness (QED) is 0.686. The van der Waals surface area contributed by atoms with Gasteiger partial charge in [0.25, 0.3) is 5.91 Å². The van der Waals surface area contributed by atoms with Crippen LogP contribution < -0.4 is 15.4 Å². The van der Waals surface area contributed by atoms with Gasteiger partial charge in [-0.25, -0.2) is 0 Å².